The van der Waals surface area contributed by atoms with Gasteiger partial charge in [0.15, 0.2) is 0 Å². The molecule has 0 aliphatic heterocycles. The number of anilines is 1. The molecule has 1 atom stereocenters. The van der Waals surface area contributed by atoms with Gasteiger partial charge in [0.2, 0.25) is 10.0 Å². The third-order valence-electron chi connectivity index (χ3n) is 3.63. The minimum atomic E-state index is -3.86. The SMILES string of the molecule is CCC(CC1CC1)NS(=O)(=O)c1cc([N+](=O)[O-])ccc1N. The van der Waals surface area contributed by atoms with E-state index < -0.39 is 14.9 Å². The Hall–Kier alpha value is -1.67. The van der Waals surface area contributed by atoms with E-state index >= 15 is 0 Å². The van der Waals surface area contributed by atoms with Gasteiger partial charge in [0.05, 0.1) is 10.6 Å². The number of non-ortho nitro benzene ring substituents is 1. The van der Waals surface area contributed by atoms with Crippen molar-refractivity contribution in [2.45, 2.75) is 43.5 Å². The zero-order valence-electron chi connectivity index (χ0n) is 11.8. The molecule has 1 saturated carbocycles. The summed E-state index contributed by atoms with van der Waals surface area (Å²) in [5.74, 6) is 0.583. The Morgan fingerprint density at radius 2 is 2.14 bits per heavy atom. The summed E-state index contributed by atoms with van der Waals surface area (Å²) in [6, 6.07) is 3.27. The first-order valence-electron chi connectivity index (χ1n) is 6.89. The highest BCUT2D eigenvalue weighted by molar-refractivity contribution is 7.89. The van der Waals surface area contributed by atoms with Crippen molar-refractivity contribution in [1.29, 1.82) is 0 Å². The zero-order chi connectivity index (χ0) is 15.6. The highest BCUT2D eigenvalue weighted by atomic mass is 32.2. The molecule has 0 spiro atoms. The van der Waals surface area contributed by atoms with Crippen LogP contribution in [-0.2, 0) is 10.0 Å². The van der Waals surface area contributed by atoms with Gasteiger partial charge < -0.3 is 5.73 Å². The Morgan fingerprint density at radius 3 is 2.67 bits per heavy atom. The molecule has 1 fully saturated rings. The Bertz CT molecular complexity index is 641. The van der Waals surface area contributed by atoms with Gasteiger partial charge in [-0.15, -0.1) is 0 Å². The molecule has 8 heteroatoms. The average molecular weight is 313 g/mol. The summed E-state index contributed by atoms with van der Waals surface area (Å²) in [6.07, 6.45) is 3.74. The topological polar surface area (TPSA) is 115 Å². The van der Waals surface area contributed by atoms with Crippen LogP contribution in [0.2, 0.25) is 0 Å². The number of nitro groups is 1. The number of nitrogens with one attached hydrogen (secondary N) is 1. The van der Waals surface area contributed by atoms with Crippen LogP contribution in [0.4, 0.5) is 11.4 Å². The molecular formula is C13H19N3O4S. The van der Waals surface area contributed by atoms with Crippen molar-refractivity contribution in [3.8, 4) is 0 Å². The molecule has 0 saturated heterocycles. The first-order valence-corrected chi connectivity index (χ1v) is 8.38. The van der Waals surface area contributed by atoms with Crippen LogP contribution in [0.3, 0.4) is 0 Å². The predicted octanol–water partition coefficient (Wildman–Crippen LogP) is 2.03. The standard InChI is InChI=1S/C13H19N3O4S/c1-2-10(7-9-3-4-9)15-21(19,20)13-8-11(16(17)18)5-6-12(13)14/h5-6,8-10,15H,2-4,7,14H2,1H3. The van der Waals surface area contributed by atoms with E-state index in [9.17, 15) is 18.5 Å². The van der Waals surface area contributed by atoms with Crippen LogP contribution in [-0.4, -0.2) is 19.4 Å². The van der Waals surface area contributed by atoms with Crippen molar-refractivity contribution < 1.29 is 13.3 Å². The molecule has 0 amide bonds. The van der Waals surface area contributed by atoms with E-state index in [0.29, 0.717) is 12.3 Å². The molecule has 3 N–H and O–H groups in total. The second-order valence-corrected chi connectivity index (χ2v) is 7.07. The van der Waals surface area contributed by atoms with Gasteiger partial charge in [0.25, 0.3) is 5.69 Å². The number of nitro benzene ring substituents is 1. The monoisotopic (exact) mass is 313 g/mol. The molecule has 0 radical (unpaired) electrons. The van der Waals surface area contributed by atoms with Crippen LogP contribution in [0.1, 0.15) is 32.6 Å². The van der Waals surface area contributed by atoms with Crippen molar-refractivity contribution >= 4 is 21.4 Å². The van der Waals surface area contributed by atoms with Crippen LogP contribution in [0.15, 0.2) is 23.1 Å². The van der Waals surface area contributed by atoms with Crippen LogP contribution in [0.25, 0.3) is 0 Å². The van der Waals surface area contributed by atoms with Crippen LogP contribution < -0.4 is 10.5 Å². The molecule has 7 nitrogen and oxygen atoms in total. The molecule has 1 aromatic carbocycles. The number of nitrogens with two attached hydrogens (primary N) is 1. The van der Waals surface area contributed by atoms with E-state index in [4.69, 9.17) is 5.73 Å². The molecule has 21 heavy (non-hydrogen) atoms. The van der Waals surface area contributed by atoms with Crippen LogP contribution >= 0.6 is 0 Å². The van der Waals surface area contributed by atoms with Crippen molar-refractivity contribution in [2.24, 2.45) is 5.92 Å². The fourth-order valence-corrected chi connectivity index (χ4v) is 3.69. The molecule has 0 heterocycles. The number of hydrogen-bond donors (Lipinski definition) is 2. The summed E-state index contributed by atoms with van der Waals surface area (Å²) in [4.78, 5) is 9.90. The molecule has 1 aliphatic rings. The Balaban J connectivity index is 2.25. The van der Waals surface area contributed by atoms with Gasteiger partial charge in [-0.1, -0.05) is 19.8 Å². The van der Waals surface area contributed by atoms with Crippen molar-refractivity contribution in [1.82, 2.24) is 4.72 Å². The quantitative estimate of drug-likeness (QED) is 0.454. The van der Waals surface area contributed by atoms with E-state index in [1.807, 2.05) is 6.92 Å². The van der Waals surface area contributed by atoms with Gasteiger partial charge in [-0.3, -0.25) is 10.1 Å². The normalized spacial score (nSPS) is 16.6. The Labute approximate surface area is 123 Å². The molecule has 2 rings (SSSR count). The largest absolute Gasteiger partial charge is 0.398 e. The number of hydrogen-bond acceptors (Lipinski definition) is 5. The maximum Gasteiger partial charge on any atom is 0.270 e. The molecule has 0 aromatic heterocycles. The summed E-state index contributed by atoms with van der Waals surface area (Å²) >= 11 is 0. The lowest BCUT2D eigenvalue weighted by atomic mass is 10.1. The van der Waals surface area contributed by atoms with Crippen molar-refractivity contribution in [3.05, 3.63) is 28.3 Å². The van der Waals surface area contributed by atoms with Gasteiger partial charge in [-0.2, -0.15) is 0 Å². The van der Waals surface area contributed by atoms with Gasteiger partial charge in [0.1, 0.15) is 4.90 Å². The average Bonchev–Trinajstić information content (AvgIpc) is 3.21. The lowest BCUT2D eigenvalue weighted by Gasteiger charge is -2.17. The Morgan fingerprint density at radius 1 is 1.48 bits per heavy atom. The number of benzene rings is 1. The molecular weight excluding hydrogens is 294 g/mol. The zero-order valence-corrected chi connectivity index (χ0v) is 12.6. The highest BCUT2D eigenvalue weighted by Gasteiger charge is 2.29. The summed E-state index contributed by atoms with van der Waals surface area (Å²) in [5.41, 5.74) is 5.38. The highest BCUT2D eigenvalue weighted by Crippen LogP contribution is 2.34. The number of sulfonamides is 1. The minimum Gasteiger partial charge on any atom is -0.398 e. The third kappa shape index (κ3) is 3.92. The first-order chi connectivity index (χ1) is 9.83. The number of rotatable bonds is 7. The van der Waals surface area contributed by atoms with Crippen molar-refractivity contribution in [2.75, 3.05) is 5.73 Å². The van der Waals surface area contributed by atoms with E-state index in [2.05, 4.69) is 4.72 Å². The molecule has 0 bridgehead atoms. The first kappa shape index (κ1) is 15.7. The lowest BCUT2D eigenvalue weighted by molar-refractivity contribution is -0.385. The van der Waals surface area contributed by atoms with Gasteiger partial charge in [-0.05, 0) is 24.8 Å². The summed E-state index contributed by atoms with van der Waals surface area (Å²) in [5, 5.41) is 10.8. The second kappa shape index (κ2) is 5.98. The predicted molar refractivity (Wildman–Crippen MR) is 79.3 cm³/mol. The molecule has 1 aromatic rings. The van der Waals surface area contributed by atoms with Crippen molar-refractivity contribution in [3.63, 3.8) is 0 Å². The lowest BCUT2D eigenvalue weighted by Crippen LogP contribution is -2.35. The smallest absolute Gasteiger partial charge is 0.270 e. The van der Waals surface area contributed by atoms with Gasteiger partial charge in [-0.25, -0.2) is 13.1 Å². The summed E-state index contributed by atoms with van der Waals surface area (Å²) in [7, 11) is -3.86. The maximum absolute atomic E-state index is 12.4. The molecule has 1 aliphatic carbocycles. The minimum absolute atomic E-state index is 0.00868. The number of nitrogen functional groups attached to an aromatic ring is 1. The van der Waals surface area contributed by atoms with Gasteiger partial charge in [0, 0.05) is 18.2 Å². The maximum atomic E-state index is 12.4. The third-order valence-corrected chi connectivity index (χ3v) is 5.20. The van der Waals surface area contributed by atoms with Gasteiger partial charge >= 0.3 is 0 Å². The van der Waals surface area contributed by atoms with Crippen LogP contribution in [0.5, 0.6) is 0 Å². The van der Waals surface area contributed by atoms with E-state index in [1.54, 1.807) is 0 Å². The van der Waals surface area contributed by atoms with Crippen LogP contribution in [0, 0.1) is 16.0 Å². The summed E-state index contributed by atoms with van der Waals surface area (Å²) < 4.78 is 27.4. The fraction of sp³-hybridized carbons (Fsp3) is 0.538. The van der Waals surface area contributed by atoms with E-state index in [1.165, 1.54) is 12.1 Å². The fourth-order valence-electron chi connectivity index (χ4n) is 2.21. The summed E-state index contributed by atoms with van der Waals surface area (Å²) in [6.45, 7) is 1.91. The Kier molecular flexibility index (Phi) is 4.48. The van der Waals surface area contributed by atoms with E-state index in [0.717, 1.165) is 25.3 Å². The molecule has 1 unspecified atom stereocenters. The number of nitrogens with zero attached hydrogens (tertiary/aromatic N) is 1. The van der Waals surface area contributed by atoms with E-state index in [-0.39, 0.29) is 22.3 Å². The molecule has 116 valence electrons. The second-order valence-electron chi connectivity index (χ2n) is 5.38.